The summed E-state index contributed by atoms with van der Waals surface area (Å²) in [6, 6.07) is 4.51. The van der Waals surface area contributed by atoms with Crippen LogP contribution in [0.4, 0.5) is 4.39 Å². The Hall–Kier alpha value is -0.740. The predicted molar refractivity (Wildman–Crippen MR) is 58.4 cm³/mol. The molecule has 0 saturated carbocycles. The van der Waals surface area contributed by atoms with Crippen molar-refractivity contribution in [3.05, 3.63) is 29.6 Å². The van der Waals surface area contributed by atoms with E-state index >= 15 is 0 Å². The van der Waals surface area contributed by atoms with Crippen molar-refractivity contribution in [2.24, 2.45) is 11.7 Å². The topological polar surface area (TPSA) is 43.1 Å². The summed E-state index contributed by atoms with van der Waals surface area (Å²) in [6.07, 6.45) is 0. The Labute approximate surface area is 91.1 Å². The molecule has 0 spiro atoms. The van der Waals surface area contributed by atoms with Crippen LogP contribution in [0, 0.1) is 11.7 Å². The fourth-order valence-electron chi connectivity index (χ4n) is 1.96. The van der Waals surface area contributed by atoms with E-state index in [0.29, 0.717) is 10.5 Å². The molecular formula is C11H14FNOS. The highest BCUT2D eigenvalue weighted by Gasteiger charge is 2.35. The first-order valence-electron chi connectivity index (χ1n) is 4.98. The van der Waals surface area contributed by atoms with Gasteiger partial charge in [0.25, 0.3) is 0 Å². The van der Waals surface area contributed by atoms with Crippen molar-refractivity contribution in [3.8, 4) is 0 Å². The van der Waals surface area contributed by atoms with Gasteiger partial charge in [-0.1, -0.05) is 26.0 Å². The van der Waals surface area contributed by atoms with E-state index in [-0.39, 0.29) is 17.2 Å². The summed E-state index contributed by atoms with van der Waals surface area (Å²) in [4.78, 5) is 0.301. The van der Waals surface area contributed by atoms with Crippen LogP contribution in [0.3, 0.4) is 0 Å². The highest BCUT2D eigenvalue weighted by atomic mass is 32.2. The molecular weight excluding hydrogens is 213 g/mol. The van der Waals surface area contributed by atoms with Crippen molar-refractivity contribution in [2.75, 3.05) is 0 Å². The van der Waals surface area contributed by atoms with Crippen LogP contribution in [0.1, 0.15) is 25.5 Å². The average Bonchev–Trinajstić information content (AvgIpc) is 2.23. The molecule has 0 aromatic heterocycles. The lowest BCUT2D eigenvalue weighted by atomic mass is 9.92. The van der Waals surface area contributed by atoms with Gasteiger partial charge in [-0.25, -0.2) is 4.39 Å². The highest BCUT2D eigenvalue weighted by Crippen LogP contribution is 2.37. The van der Waals surface area contributed by atoms with Crippen LogP contribution in [0.5, 0.6) is 0 Å². The summed E-state index contributed by atoms with van der Waals surface area (Å²) in [5.74, 6) is -0.292. The standard InChI is InChI=1S/C11H14FNOS/c1-6-7(2)15(14)11-8(10(6)13)4-3-5-9(11)12/h3-7,10H,13H2,1-2H3. The number of hydrogen-bond donors (Lipinski definition) is 1. The summed E-state index contributed by atoms with van der Waals surface area (Å²) in [7, 11) is -1.28. The maximum atomic E-state index is 13.5. The minimum atomic E-state index is -1.28. The van der Waals surface area contributed by atoms with E-state index in [0.717, 1.165) is 0 Å². The highest BCUT2D eigenvalue weighted by molar-refractivity contribution is 7.85. The summed E-state index contributed by atoms with van der Waals surface area (Å²) in [5, 5.41) is -0.0931. The molecule has 1 aromatic rings. The molecule has 1 aliphatic heterocycles. The third-order valence-electron chi connectivity index (χ3n) is 3.20. The normalized spacial score (nSPS) is 34.9. The molecule has 2 N–H and O–H groups in total. The maximum absolute atomic E-state index is 13.5. The van der Waals surface area contributed by atoms with Gasteiger partial charge in [-0.3, -0.25) is 4.21 Å². The quantitative estimate of drug-likeness (QED) is 0.736. The summed E-state index contributed by atoms with van der Waals surface area (Å²) in [5.41, 5.74) is 6.70. The van der Waals surface area contributed by atoms with Crippen LogP contribution >= 0.6 is 0 Å². The number of hydrogen-bond acceptors (Lipinski definition) is 2. The Morgan fingerprint density at radius 3 is 2.73 bits per heavy atom. The molecule has 0 fully saturated rings. The molecule has 0 aliphatic carbocycles. The van der Waals surface area contributed by atoms with Crippen LogP contribution in [0.25, 0.3) is 0 Å². The zero-order valence-corrected chi connectivity index (χ0v) is 9.55. The van der Waals surface area contributed by atoms with Crippen molar-refractivity contribution >= 4 is 10.8 Å². The van der Waals surface area contributed by atoms with Gasteiger partial charge in [0.05, 0.1) is 15.7 Å². The second-order valence-electron chi connectivity index (χ2n) is 4.05. The van der Waals surface area contributed by atoms with Crippen LogP contribution in [0.2, 0.25) is 0 Å². The monoisotopic (exact) mass is 227 g/mol. The van der Waals surface area contributed by atoms with E-state index in [4.69, 9.17) is 5.73 Å². The van der Waals surface area contributed by atoms with Gasteiger partial charge in [-0.2, -0.15) is 0 Å². The minimum Gasteiger partial charge on any atom is -0.324 e. The first-order chi connectivity index (χ1) is 7.04. The van der Waals surface area contributed by atoms with Gasteiger partial charge >= 0.3 is 0 Å². The van der Waals surface area contributed by atoms with Crippen molar-refractivity contribution in [1.29, 1.82) is 0 Å². The smallest absolute Gasteiger partial charge is 0.139 e. The Balaban J connectivity index is 2.64. The summed E-state index contributed by atoms with van der Waals surface area (Å²) < 4.78 is 25.6. The molecule has 2 rings (SSSR count). The van der Waals surface area contributed by atoms with Gasteiger partial charge < -0.3 is 5.73 Å². The second kappa shape index (κ2) is 3.68. The molecule has 1 aliphatic rings. The lowest BCUT2D eigenvalue weighted by Gasteiger charge is -2.32. The molecule has 0 saturated heterocycles. The van der Waals surface area contributed by atoms with E-state index in [1.54, 1.807) is 12.1 Å². The first-order valence-corrected chi connectivity index (χ1v) is 6.20. The number of benzene rings is 1. The van der Waals surface area contributed by atoms with Crippen molar-refractivity contribution < 1.29 is 8.60 Å². The van der Waals surface area contributed by atoms with E-state index < -0.39 is 16.6 Å². The van der Waals surface area contributed by atoms with E-state index in [2.05, 4.69) is 0 Å². The summed E-state index contributed by atoms with van der Waals surface area (Å²) >= 11 is 0. The van der Waals surface area contributed by atoms with E-state index in [1.165, 1.54) is 6.07 Å². The van der Waals surface area contributed by atoms with Gasteiger partial charge in [0.15, 0.2) is 0 Å². The lowest BCUT2D eigenvalue weighted by molar-refractivity contribution is 0.433. The van der Waals surface area contributed by atoms with Crippen molar-refractivity contribution in [2.45, 2.75) is 30.0 Å². The molecule has 15 heavy (non-hydrogen) atoms. The average molecular weight is 227 g/mol. The molecule has 4 heteroatoms. The zero-order chi connectivity index (χ0) is 11.2. The molecule has 0 bridgehead atoms. The maximum Gasteiger partial charge on any atom is 0.139 e. The molecule has 82 valence electrons. The van der Waals surface area contributed by atoms with Crippen LogP contribution < -0.4 is 5.73 Å². The minimum absolute atomic E-state index is 0.0931. The van der Waals surface area contributed by atoms with Gasteiger partial charge in [-0.15, -0.1) is 0 Å². The molecule has 4 unspecified atom stereocenters. The third kappa shape index (κ3) is 1.52. The largest absolute Gasteiger partial charge is 0.324 e. The number of nitrogens with two attached hydrogens (primary N) is 1. The van der Waals surface area contributed by atoms with Gasteiger partial charge in [0, 0.05) is 11.3 Å². The fraction of sp³-hybridized carbons (Fsp3) is 0.455. The molecule has 0 amide bonds. The number of rotatable bonds is 0. The first kappa shape index (κ1) is 10.8. The van der Waals surface area contributed by atoms with E-state index in [1.807, 2.05) is 13.8 Å². The van der Waals surface area contributed by atoms with Crippen LogP contribution in [-0.2, 0) is 10.8 Å². The Morgan fingerprint density at radius 1 is 1.40 bits per heavy atom. The molecule has 2 nitrogen and oxygen atoms in total. The fourth-order valence-corrected chi connectivity index (χ4v) is 3.58. The molecule has 1 aromatic carbocycles. The Bertz CT molecular complexity index is 421. The molecule has 0 radical (unpaired) electrons. The van der Waals surface area contributed by atoms with Crippen LogP contribution in [-0.4, -0.2) is 9.46 Å². The Kier molecular flexibility index (Phi) is 2.64. The summed E-state index contributed by atoms with van der Waals surface area (Å²) in [6.45, 7) is 3.82. The zero-order valence-electron chi connectivity index (χ0n) is 8.74. The molecule has 1 heterocycles. The van der Waals surface area contributed by atoms with Crippen LogP contribution in [0.15, 0.2) is 23.1 Å². The molecule has 4 atom stereocenters. The third-order valence-corrected chi connectivity index (χ3v) is 5.14. The lowest BCUT2D eigenvalue weighted by Crippen LogP contribution is -2.36. The van der Waals surface area contributed by atoms with Gasteiger partial charge in [0.1, 0.15) is 5.82 Å². The second-order valence-corrected chi connectivity index (χ2v) is 5.79. The van der Waals surface area contributed by atoms with Crippen molar-refractivity contribution in [1.82, 2.24) is 0 Å². The van der Waals surface area contributed by atoms with Crippen molar-refractivity contribution in [3.63, 3.8) is 0 Å². The SMILES string of the molecule is CC1C(N)c2cccc(F)c2S(=O)C1C. The van der Waals surface area contributed by atoms with E-state index in [9.17, 15) is 8.60 Å². The number of halogens is 1. The van der Waals surface area contributed by atoms with Gasteiger partial charge in [-0.05, 0) is 17.5 Å². The van der Waals surface area contributed by atoms with Gasteiger partial charge in [0.2, 0.25) is 0 Å². The Morgan fingerprint density at radius 2 is 2.07 bits per heavy atom. The predicted octanol–water partition coefficient (Wildman–Crippen LogP) is 1.97. The number of fused-ring (bicyclic) bond motifs is 1.